The Morgan fingerprint density at radius 3 is 2.88 bits per heavy atom. The van der Waals surface area contributed by atoms with Crippen LogP contribution in [0.3, 0.4) is 0 Å². The van der Waals surface area contributed by atoms with Crippen molar-refractivity contribution in [3.8, 4) is 11.9 Å². The normalized spacial score (nSPS) is 15.4. The first kappa shape index (κ1) is 14.5. The largest absolute Gasteiger partial charge is 0.321 e. The van der Waals surface area contributed by atoms with Gasteiger partial charge in [0.1, 0.15) is 23.5 Å². The monoisotopic (exact) mass is 324 g/mol. The molecule has 1 aliphatic rings. The second-order valence-electron chi connectivity index (χ2n) is 5.88. The Morgan fingerprint density at radius 1 is 1.46 bits per heavy atom. The van der Waals surface area contributed by atoms with Crippen molar-refractivity contribution in [2.24, 2.45) is 11.7 Å². The van der Waals surface area contributed by atoms with Crippen molar-refractivity contribution in [1.82, 2.24) is 19.7 Å². The molecular weight excluding hydrogens is 311 g/mol. The minimum Gasteiger partial charge on any atom is -0.321 e. The van der Waals surface area contributed by atoms with Crippen LogP contribution >= 0.6 is 0 Å². The Labute approximate surface area is 135 Å². The van der Waals surface area contributed by atoms with E-state index in [1.54, 1.807) is 6.07 Å². The van der Waals surface area contributed by atoms with E-state index in [1.165, 1.54) is 10.8 Å². The molecule has 1 saturated carbocycles. The van der Waals surface area contributed by atoms with E-state index in [0.717, 1.165) is 25.0 Å². The Balaban J connectivity index is 2.11. The Morgan fingerprint density at radius 2 is 2.25 bits per heavy atom. The average Bonchev–Trinajstić information content (AvgIpc) is 3.29. The van der Waals surface area contributed by atoms with Crippen molar-refractivity contribution < 1.29 is 4.39 Å². The van der Waals surface area contributed by atoms with Crippen molar-refractivity contribution in [3.05, 3.63) is 52.0 Å². The molecule has 2 heterocycles. The van der Waals surface area contributed by atoms with Gasteiger partial charge in [0.05, 0.1) is 28.7 Å². The third-order valence-corrected chi connectivity index (χ3v) is 4.24. The zero-order chi connectivity index (χ0) is 16.8. The molecule has 0 amide bonds. The van der Waals surface area contributed by atoms with E-state index in [4.69, 9.17) is 5.73 Å². The average molecular weight is 324 g/mol. The molecule has 0 saturated heterocycles. The van der Waals surface area contributed by atoms with Gasteiger partial charge in [0.2, 0.25) is 0 Å². The molecule has 0 unspecified atom stereocenters. The lowest BCUT2D eigenvalue weighted by molar-refractivity contribution is 0.570. The summed E-state index contributed by atoms with van der Waals surface area (Å²) in [4.78, 5) is 17.4. The molecule has 0 radical (unpaired) electrons. The summed E-state index contributed by atoms with van der Waals surface area (Å²) in [6, 6.07) is 5.22. The fraction of sp³-hybridized carbons (Fsp3) is 0.250. The fourth-order valence-electron chi connectivity index (χ4n) is 2.85. The standard InChI is InChI=1S/C16H13FN6O/c17-10-5-9(7-18)14-11(6-10)16(24)23(12-3-4-20-22-12)15(21-14)13(19)8-1-2-8/h3-6,8,13H,1-2,19H2,(H,20,22)/t13-/m0/s1. The maximum atomic E-state index is 13.8. The van der Waals surface area contributed by atoms with Gasteiger partial charge in [0.15, 0.2) is 0 Å². The summed E-state index contributed by atoms with van der Waals surface area (Å²) in [5, 5.41) is 15.8. The maximum absolute atomic E-state index is 13.8. The van der Waals surface area contributed by atoms with Gasteiger partial charge in [-0.15, -0.1) is 0 Å². The summed E-state index contributed by atoms with van der Waals surface area (Å²) < 4.78 is 15.1. The third-order valence-electron chi connectivity index (χ3n) is 4.24. The number of aromatic amines is 1. The van der Waals surface area contributed by atoms with Gasteiger partial charge in [0.25, 0.3) is 5.56 Å². The zero-order valence-corrected chi connectivity index (χ0v) is 12.5. The number of nitrogens with two attached hydrogens (primary N) is 1. The Bertz CT molecular complexity index is 1030. The predicted molar refractivity (Wildman–Crippen MR) is 83.8 cm³/mol. The molecule has 1 atom stereocenters. The number of halogens is 1. The van der Waals surface area contributed by atoms with Crippen LogP contribution in [0.2, 0.25) is 0 Å². The minimum atomic E-state index is -0.659. The van der Waals surface area contributed by atoms with E-state index in [2.05, 4.69) is 15.2 Å². The highest BCUT2D eigenvalue weighted by atomic mass is 19.1. The van der Waals surface area contributed by atoms with Gasteiger partial charge < -0.3 is 5.73 Å². The number of hydrogen-bond donors (Lipinski definition) is 2. The second-order valence-corrected chi connectivity index (χ2v) is 5.88. The highest BCUT2D eigenvalue weighted by Crippen LogP contribution is 2.39. The topological polar surface area (TPSA) is 113 Å². The minimum absolute atomic E-state index is 0.0168. The molecule has 2 aromatic heterocycles. The summed E-state index contributed by atoms with van der Waals surface area (Å²) in [7, 11) is 0. The fourth-order valence-corrected chi connectivity index (χ4v) is 2.85. The van der Waals surface area contributed by atoms with Gasteiger partial charge in [-0.05, 0) is 30.9 Å². The van der Waals surface area contributed by atoms with Crippen LogP contribution in [0.1, 0.15) is 30.3 Å². The molecule has 7 nitrogen and oxygen atoms in total. The van der Waals surface area contributed by atoms with E-state index >= 15 is 0 Å². The molecular formula is C16H13FN6O. The predicted octanol–water partition coefficient (Wildman–Crippen LogP) is 1.53. The summed E-state index contributed by atoms with van der Waals surface area (Å²) >= 11 is 0. The zero-order valence-electron chi connectivity index (χ0n) is 12.5. The lowest BCUT2D eigenvalue weighted by atomic mass is 10.1. The second kappa shape index (κ2) is 5.25. The van der Waals surface area contributed by atoms with Crippen LogP contribution in [0.4, 0.5) is 4.39 Å². The highest BCUT2D eigenvalue weighted by molar-refractivity contribution is 5.83. The first-order valence-electron chi connectivity index (χ1n) is 7.52. The molecule has 0 aliphatic heterocycles. The number of fused-ring (bicyclic) bond motifs is 1. The van der Waals surface area contributed by atoms with Crippen molar-refractivity contribution in [3.63, 3.8) is 0 Å². The summed E-state index contributed by atoms with van der Waals surface area (Å²) in [5.41, 5.74) is 5.98. The van der Waals surface area contributed by atoms with Crippen LogP contribution in [-0.2, 0) is 0 Å². The lowest BCUT2D eigenvalue weighted by Crippen LogP contribution is -2.30. The first-order valence-corrected chi connectivity index (χ1v) is 7.52. The molecule has 3 N–H and O–H groups in total. The number of aromatic nitrogens is 4. The highest BCUT2D eigenvalue weighted by Gasteiger charge is 2.33. The molecule has 4 rings (SSSR count). The molecule has 8 heteroatoms. The van der Waals surface area contributed by atoms with Gasteiger partial charge >= 0.3 is 0 Å². The van der Waals surface area contributed by atoms with E-state index in [0.29, 0.717) is 11.6 Å². The molecule has 3 aromatic rings. The van der Waals surface area contributed by atoms with Crippen molar-refractivity contribution in [2.45, 2.75) is 18.9 Å². The summed E-state index contributed by atoms with van der Waals surface area (Å²) in [6.45, 7) is 0. The van der Waals surface area contributed by atoms with Crippen LogP contribution in [0, 0.1) is 23.1 Å². The van der Waals surface area contributed by atoms with Crippen LogP contribution in [0.25, 0.3) is 16.7 Å². The lowest BCUT2D eigenvalue weighted by Gasteiger charge is -2.17. The van der Waals surface area contributed by atoms with E-state index in [-0.39, 0.29) is 22.4 Å². The van der Waals surface area contributed by atoms with Gasteiger partial charge in [-0.2, -0.15) is 10.4 Å². The van der Waals surface area contributed by atoms with Crippen LogP contribution in [-0.4, -0.2) is 19.7 Å². The number of hydrogen-bond acceptors (Lipinski definition) is 5. The smallest absolute Gasteiger partial charge is 0.267 e. The number of benzene rings is 1. The van der Waals surface area contributed by atoms with Gasteiger partial charge in [-0.1, -0.05) is 0 Å². The van der Waals surface area contributed by atoms with Crippen LogP contribution in [0.15, 0.2) is 29.2 Å². The van der Waals surface area contributed by atoms with Crippen molar-refractivity contribution in [1.29, 1.82) is 5.26 Å². The number of H-pyrrole nitrogens is 1. The van der Waals surface area contributed by atoms with Gasteiger partial charge in [-0.3, -0.25) is 9.89 Å². The molecule has 1 aromatic carbocycles. The van der Waals surface area contributed by atoms with Crippen molar-refractivity contribution in [2.75, 3.05) is 0 Å². The molecule has 0 bridgehead atoms. The Kier molecular flexibility index (Phi) is 3.18. The van der Waals surface area contributed by atoms with Gasteiger partial charge in [-0.25, -0.2) is 13.9 Å². The van der Waals surface area contributed by atoms with Crippen molar-refractivity contribution >= 4 is 10.9 Å². The quantitative estimate of drug-likeness (QED) is 0.758. The summed E-state index contributed by atoms with van der Waals surface area (Å²) in [6.07, 6.45) is 3.43. The van der Waals surface area contributed by atoms with Gasteiger partial charge in [0, 0.05) is 6.07 Å². The number of nitrogens with zero attached hydrogens (tertiary/aromatic N) is 4. The van der Waals surface area contributed by atoms with Crippen LogP contribution < -0.4 is 11.3 Å². The summed E-state index contributed by atoms with van der Waals surface area (Å²) in [5.74, 6) is 0.341. The molecule has 120 valence electrons. The van der Waals surface area contributed by atoms with Crippen LogP contribution in [0.5, 0.6) is 0 Å². The number of nitrogens with one attached hydrogen (secondary N) is 1. The first-order chi connectivity index (χ1) is 11.6. The Hall–Kier alpha value is -3.05. The molecule has 1 aliphatic carbocycles. The van der Waals surface area contributed by atoms with E-state index in [1.807, 2.05) is 6.07 Å². The van der Waals surface area contributed by atoms with E-state index in [9.17, 15) is 14.4 Å². The molecule has 1 fully saturated rings. The SMILES string of the molecule is N#Cc1cc(F)cc2c(=O)n(-c3ccn[nH]3)c([C@@H](N)C3CC3)nc12. The molecule has 24 heavy (non-hydrogen) atoms. The maximum Gasteiger partial charge on any atom is 0.267 e. The molecule has 0 spiro atoms. The third kappa shape index (κ3) is 2.18. The number of rotatable bonds is 3. The number of nitriles is 1. The van der Waals surface area contributed by atoms with E-state index < -0.39 is 17.4 Å².